The highest BCUT2D eigenvalue weighted by molar-refractivity contribution is 5.11. The van der Waals surface area contributed by atoms with Gasteiger partial charge in [-0.05, 0) is 45.2 Å². The van der Waals surface area contributed by atoms with Crippen molar-refractivity contribution in [1.29, 1.82) is 0 Å². The molecule has 0 saturated heterocycles. The molecule has 0 radical (unpaired) electrons. The first-order valence-corrected chi connectivity index (χ1v) is 6.66. The van der Waals surface area contributed by atoms with E-state index in [1.54, 1.807) is 0 Å². The minimum Gasteiger partial charge on any atom is -0.330 e. The molecule has 0 aromatic heterocycles. The lowest BCUT2D eigenvalue weighted by Crippen LogP contribution is -2.10. The molecule has 4 N–H and O–H groups in total. The van der Waals surface area contributed by atoms with Crippen LogP contribution in [0.2, 0.25) is 0 Å². The molecule has 98 valence electrons. The van der Waals surface area contributed by atoms with Crippen molar-refractivity contribution in [2.45, 2.75) is 39.5 Å². The van der Waals surface area contributed by atoms with E-state index in [9.17, 15) is 0 Å². The van der Waals surface area contributed by atoms with E-state index in [1.807, 2.05) is 18.2 Å². The van der Waals surface area contributed by atoms with Crippen molar-refractivity contribution in [3.05, 3.63) is 35.9 Å². The molecule has 2 heteroatoms. The lowest BCUT2D eigenvalue weighted by Gasteiger charge is -2.11. The Balaban J connectivity index is 0.000000318. The highest BCUT2D eigenvalue weighted by atomic mass is 14.5. The first-order chi connectivity index (χ1) is 8.24. The summed E-state index contributed by atoms with van der Waals surface area (Å²) in [6.45, 7) is 5.95. The van der Waals surface area contributed by atoms with E-state index in [-0.39, 0.29) is 0 Å². The average Bonchev–Trinajstić information content (AvgIpc) is 2.36. The Labute approximate surface area is 106 Å². The monoisotopic (exact) mass is 236 g/mol. The van der Waals surface area contributed by atoms with Crippen LogP contribution >= 0.6 is 0 Å². The summed E-state index contributed by atoms with van der Waals surface area (Å²) in [5.41, 5.74) is 12.2. The SMILES string of the molecule is CCC(CCN)CCCN.Cc1ccccc1. The fraction of sp³-hybridized carbons (Fsp3) is 0.600. The molecule has 0 amide bonds. The van der Waals surface area contributed by atoms with Gasteiger partial charge in [-0.1, -0.05) is 49.2 Å². The quantitative estimate of drug-likeness (QED) is 0.797. The summed E-state index contributed by atoms with van der Waals surface area (Å²) in [5.74, 6) is 0.813. The number of benzene rings is 1. The van der Waals surface area contributed by atoms with Gasteiger partial charge in [-0.25, -0.2) is 0 Å². The van der Waals surface area contributed by atoms with Gasteiger partial charge in [0.2, 0.25) is 0 Å². The summed E-state index contributed by atoms with van der Waals surface area (Å²) in [6, 6.07) is 10.3. The van der Waals surface area contributed by atoms with Crippen LogP contribution in [0.1, 0.15) is 38.2 Å². The zero-order chi connectivity index (χ0) is 12.9. The van der Waals surface area contributed by atoms with Gasteiger partial charge in [-0.15, -0.1) is 0 Å². The summed E-state index contributed by atoms with van der Waals surface area (Å²) in [4.78, 5) is 0. The van der Waals surface area contributed by atoms with Crippen molar-refractivity contribution in [1.82, 2.24) is 0 Å². The van der Waals surface area contributed by atoms with Gasteiger partial charge in [-0.2, -0.15) is 0 Å². The Hall–Kier alpha value is -0.860. The van der Waals surface area contributed by atoms with Crippen molar-refractivity contribution < 1.29 is 0 Å². The normalized spacial score (nSPS) is 11.5. The van der Waals surface area contributed by atoms with Gasteiger partial charge in [0, 0.05) is 0 Å². The topological polar surface area (TPSA) is 52.0 Å². The van der Waals surface area contributed by atoms with Gasteiger partial charge >= 0.3 is 0 Å². The van der Waals surface area contributed by atoms with Crippen LogP contribution in [0.15, 0.2) is 30.3 Å². The Bertz CT molecular complexity index is 246. The maximum absolute atomic E-state index is 5.45. The zero-order valence-electron chi connectivity index (χ0n) is 11.4. The van der Waals surface area contributed by atoms with Gasteiger partial charge in [0.1, 0.15) is 0 Å². The van der Waals surface area contributed by atoms with Crippen molar-refractivity contribution in [2.75, 3.05) is 13.1 Å². The summed E-state index contributed by atoms with van der Waals surface area (Å²) < 4.78 is 0. The number of rotatable bonds is 6. The van der Waals surface area contributed by atoms with E-state index in [1.165, 1.54) is 18.4 Å². The van der Waals surface area contributed by atoms with Crippen molar-refractivity contribution in [3.63, 3.8) is 0 Å². The molecule has 1 aromatic carbocycles. The van der Waals surface area contributed by atoms with Gasteiger partial charge in [0.15, 0.2) is 0 Å². The van der Waals surface area contributed by atoms with Crippen LogP contribution in [-0.4, -0.2) is 13.1 Å². The third kappa shape index (κ3) is 10.0. The number of hydrogen-bond acceptors (Lipinski definition) is 2. The average molecular weight is 236 g/mol. The summed E-state index contributed by atoms with van der Waals surface area (Å²) in [5, 5.41) is 0. The Morgan fingerprint density at radius 3 is 2.00 bits per heavy atom. The number of nitrogens with two attached hydrogens (primary N) is 2. The van der Waals surface area contributed by atoms with Crippen LogP contribution in [0.3, 0.4) is 0 Å². The van der Waals surface area contributed by atoms with Gasteiger partial charge in [0.05, 0.1) is 0 Å². The van der Waals surface area contributed by atoms with Crippen molar-refractivity contribution >= 4 is 0 Å². The standard InChI is InChI=1S/C8H20N2.C7H8/c1-2-8(5-7-10)4-3-6-9;1-7-5-3-2-4-6-7/h8H,2-7,9-10H2,1H3;2-6H,1H3. The van der Waals surface area contributed by atoms with Crippen LogP contribution in [-0.2, 0) is 0 Å². The molecular formula is C15H28N2. The van der Waals surface area contributed by atoms with E-state index < -0.39 is 0 Å². The third-order valence-corrected chi connectivity index (χ3v) is 2.91. The maximum Gasteiger partial charge on any atom is -0.00746 e. The largest absolute Gasteiger partial charge is 0.330 e. The second kappa shape index (κ2) is 11.6. The molecule has 0 heterocycles. The molecule has 2 nitrogen and oxygen atoms in total. The predicted octanol–water partition coefficient (Wildman–Crippen LogP) is 3.10. The fourth-order valence-corrected chi connectivity index (χ4v) is 1.73. The lowest BCUT2D eigenvalue weighted by atomic mass is 9.97. The molecule has 1 unspecified atom stereocenters. The highest BCUT2D eigenvalue weighted by Crippen LogP contribution is 2.13. The fourth-order valence-electron chi connectivity index (χ4n) is 1.73. The van der Waals surface area contributed by atoms with Crippen LogP contribution < -0.4 is 11.5 Å². The second-order valence-corrected chi connectivity index (χ2v) is 4.44. The van der Waals surface area contributed by atoms with Crippen LogP contribution in [0, 0.1) is 12.8 Å². The first kappa shape index (κ1) is 16.1. The minimum absolute atomic E-state index is 0.813. The number of aryl methyl sites for hydroxylation is 1. The zero-order valence-corrected chi connectivity index (χ0v) is 11.4. The van der Waals surface area contributed by atoms with Crippen LogP contribution in [0.4, 0.5) is 0 Å². The van der Waals surface area contributed by atoms with Crippen molar-refractivity contribution in [2.24, 2.45) is 17.4 Å². The molecule has 0 bridgehead atoms. The summed E-state index contributed by atoms with van der Waals surface area (Å²) >= 11 is 0. The molecule has 1 aromatic rings. The van der Waals surface area contributed by atoms with E-state index >= 15 is 0 Å². The molecule has 0 spiro atoms. The molecule has 0 fully saturated rings. The molecular weight excluding hydrogens is 208 g/mol. The Morgan fingerprint density at radius 2 is 1.65 bits per heavy atom. The van der Waals surface area contributed by atoms with Gasteiger partial charge in [-0.3, -0.25) is 0 Å². The van der Waals surface area contributed by atoms with Gasteiger partial charge in [0.25, 0.3) is 0 Å². The molecule has 17 heavy (non-hydrogen) atoms. The van der Waals surface area contributed by atoms with E-state index in [0.717, 1.165) is 31.8 Å². The number of hydrogen-bond donors (Lipinski definition) is 2. The van der Waals surface area contributed by atoms with E-state index in [2.05, 4.69) is 26.0 Å². The molecule has 0 aliphatic rings. The van der Waals surface area contributed by atoms with E-state index in [4.69, 9.17) is 11.5 Å². The smallest absolute Gasteiger partial charge is 0.00746 e. The highest BCUT2D eigenvalue weighted by Gasteiger charge is 2.02. The Morgan fingerprint density at radius 1 is 1.00 bits per heavy atom. The maximum atomic E-state index is 5.45. The minimum atomic E-state index is 0.813. The predicted molar refractivity (Wildman–Crippen MR) is 76.9 cm³/mol. The first-order valence-electron chi connectivity index (χ1n) is 6.66. The molecule has 0 aliphatic heterocycles. The lowest BCUT2D eigenvalue weighted by molar-refractivity contribution is 0.432. The molecule has 1 rings (SSSR count). The van der Waals surface area contributed by atoms with E-state index in [0.29, 0.717) is 0 Å². The summed E-state index contributed by atoms with van der Waals surface area (Å²) in [6.07, 6.45) is 4.82. The molecule has 0 aliphatic carbocycles. The van der Waals surface area contributed by atoms with Gasteiger partial charge < -0.3 is 11.5 Å². The van der Waals surface area contributed by atoms with Crippen LogP contribution in [0.25, 0.3) is 0 Å². The second-order valence-electron chi connectivity index (χ2n) is 4.44. The Kier molecular flexibility index (Phi) is 11.0. The third-order valence-electron chi connectivity index (χ3n) is 2.91. The summed E-state index contributed by atoms with van der Waals surface area (Å²) in [7, 11) is 0. The molecule has 1 atom stereocenters. The van der Waals surface area contributed by atoms with Crippen LogP contribution in [0.5, 0.6) is 0 Å². The molecule has 0 saturated carbocycles. The van der Waals surface area contributed by atoms with Crippen molar-refractivity contribution in [3.8, 4) is 0 Å².